The number of hydrogen-bond donors (Lipinski definition) is 4. The average molecular weight is 649 g/mol. The topological polar surface area (TPSA) is 141 Å². The molecule has 0 radical (unpaired) electrons. The molecule has 0 aromatic rings. The molecule has 8 nitrogen and oxygen atoms in total. The van der Waals surface area contributed by atoms with Crippen LogP contribution in [0.15, 0.2) is 0 Å². The van der Waals surface area contributed by atoms with E-state index in [0.717, 1.165) is 51.4 Å². The second kappa shape index (κ2) is 28.6. The van der Waals surface area contributed by atoms with Gasteiger partial charge in [-0.25, -0.2) is 4.57 Å². The van der Waals surface area contributed by atoms with Crippen molar-refractivity contribution >= 4 is 19.4 Å². The first-order valence-corrected chi connectivity index (χ1v) is 19.8. The van der Waals surface area contributed by atoms with Crippen molar-refractivity contribution in [3.63, 3.8) is 0 Å². The van der Waals surface area contributed by atoms with E-state index in [1.165, 1.54) is 103 Å². The molecule has 0 aromatic heterocycles. The largest absolute Gasteiger partial charge is 0.469 e. The summed E-state index contributed by atoms with van der Waals surface area (Å²) in [6, 6.07) is 0. The van der Waals surface area contributed by atoms with E-state index < -0.39 is 37.7 Å². The predicted molar refractivity (Wildman–Crippen MR) is 180 cm³/mol. The second-order valence-corrected chi connectivity index (χ2v) is 14.1. The first-order chi connectivity index (χ1) is 21.1. The van der Waals surface area contributed by atoms with Gasteiger partial charge in [-0.2, -0.15) is 0 Å². The minimum Gasteiger partial charge on any atom is -0.387 e. The number of hydrogen-bond acceptors (Lipinski definition) is 6. The van der Waals surface area contributed by atoms with Crippen molar-refractivity contribution in [2.24, 2.45) is 0 Å². The Kier molecular flexibility index (Phi) is 28.2. The highest BCUT2D eigenvalue weighted by atomic mass is 31.2. The maximum absolute atomic E-state index is 13.0. The first kappa shape index (κ1) is 43.4. The van der Waals surface area contributed by atoms with Crippen LogP contribution < -0.4 is 0 Å². The van der Waals surface area contributed by atoms with Gasteiger partial charge in [0.2, 0.25) is 5.60 Å². The van der Waals surface area contributed by atoms with Gasteiger partial charge in [-0.15, -0.1) is 0 Å². The van der Waals surface area contributed by atoms with Crippen LogP contribution in [0, 0.1) is 0 Å². The summed E-state index contributed by atoms with van der Waals surface area (Å²) in [5.74, 6) is -1.61. The summed E-state index contributed by atoms with van der Waals surface area (Å²) in [6.07, 6.45) is 27.4. The van der Waals surface area contributed by atoms with E-state index in [1.807, 2.05) is 0 Å². The van der Waals surface area contributed by atoms with Crippen molar-refractivity contribution in [1.82, 2.24) is 0 Å². The highest BCUT2D eigenvalue weighted by molar-refractivity contribution is 7.46. The summed E-state index contributed by atoms with van der Waals surface area (Å²) in [7, 11) is -4.95. The number of unbranched alkanes of at least 4 members (excludes halogenated alkanes) is 24. The Bertz CT molecular complexity index is 696. The minimum atomic E-state index is -4.95. The van der Waals surface area contributed by atoms with Gasteiger partial charge in [-0.05, 0) is 12.8 Å². The summed E-state index contributed by atoms with van der Waals surface area (Å²) in [6.45, 7) is 3.45. The fraction of sp³-hybridized carbons (Fsp3) is 0.943. The second-order valence-electron chi connectivity index (χ2n) is 12.9. The molecule has 0 saturated carbocycles. The number of phosphoric acid groups is 1. The van der Waals surface area contributed by atoms with Crippen molar-refractivity contribution in [2.45, 2.75) is 205 Å². The van der Waals surface area contributed by atoms with E-state index in [9.17, 15) is 24.4 Å². The smallest absolute Gasteiger partial charge is 0.387 e. The highest BCUT2D eigenvalue weighted by Gasteiger charge is 2.49. The van der Waals surface area contributed by atoms with E-state index in [1.54, 1.807) is 0 Å². The van der Waals surface area contributed by atoms with Crippen LogP contribution in [0.3, 0.4) is 0 Å². The SMILES string of the molecule is CCCCCCCCCCCCCCCC(=O)C(O)(C(=O)CCCCCCCCCCCCCCC)C(O)COP(=O)(O)O. The molecule has 44 heavy (non-hydrogen) atoms. The van der Waals surface area contributed by atoms with Crippen molar-refractivity contribution < 1.29 is 38.7 Å². The molecule has 1 unspecified atom stereocenters. The normalized spacial score (nSPS) is 13.0. The molecule has 9 heteroatoms. The number of aliphatic hydroxyl groups excluding tert-OH is 1. The van der Waals surface area contributed by atoms with Crippen LogP contribution in [0.1, 0.15) is 194 Å². The van der Waals surface area contributed by atoms with Crippen molar-refractivity contribution in [1.29, 1.82) is 0 Å². The summed E-state index contributed by atoms with van der Waals surface area (Å²) in [5, 5.41) is 21.6. The Hall–Kier alpha value is -0.630. The third kappa shape index (κ3) is 23.7. The average Bonchev–Trinajstić information content (AvgIpc) is 2.99. The fourth-order valence-electron chi connectivity index (χ4n) is 5.80. The predicted octanol–water partition coefficient (Wildman–Crippen LogP) is 9.29. The van der Waals surface area contributed by atoms with Crippen LogP contribution in [0.25, 0.3) is 0 Å². The van der Waals surface area contributed by atoms with Crippen molar-refractivity contribution in [2.75, 3.05) is 6.61 Å². The Morgan fingerprint density at radius 3 is 1.05 bits per heavy atom. The Labute approximate surface area is 269 Å². The van der Waals surface area contributed by atoms with E-state index in [2.05, 4.69) is 18.4 Å². The number of carbonyl (C=O) groups excluding carboxylic acids is 2. The first-order valence-electron chi connectivity index (χ1n) is 18.3. The molecular formula is C35H69O8P. The Balaban J connectivity index is 4.40. The molecule has 0 bridgehead atoms. The lowest BCUT2D eigenvalue weighted by Crippen LogP contribution is -2.57. The van der Waals surface area contributed by atoms with Gasteiger partial charge in [-0.1, -0.05) is 168 Å². The quantitative estimate of drug-likeness (QED) is 0.0307. The molecule has 0 fully saturated rings. The molecule has 0 rings (SSSR count). The van der Waals surface area contributed by atoms with Gasteiger partial charge >= 0.3 is 7.82 Å². The number of aliphatic hydroxyl groups is 2. The fourth-order valence-corrected chi connectivity index (χ4v) is 6.14. The van der Waals surface area contributed by atoms with Crippen molar-refractivity contribution in [3.8, 4) is 0 Å². The zero-order valence-corrected chi connectivity index (χ0v) is 29.3. The standard InChI is InChI=1S/C35H69O8P/c1-3-5-7-9-11-13-15-17-19-21-23-25-27-29-32(36)35(39,34(38)31-43-44(40,41)42)33(37)30-28-26-24-22-20-18-16-14-12-10-8-6-4-2/h34,38-39H,3-31H2,1-2H3,(H2,40,41,42). The van der Waals surface area contributed by atoms with E-state index in [0.29, 0.717) is 12.8 Å². The molecule has 1 atom stereocenters. The van der Waals surface area contributed by atoms with Gasteiger partial charge in [0.15, 0.2) is 11.6 Å². The van der Waals surface area contributed by atoms with Crippen LogP contribution in [-0.4, -0.2) is 49.9 Å². The molecular weight excluding hydrogens is 579 g/mol. The molecule has 4 N–H and O–H groups in total. The lowest BCUT2D eigenvalue weighted by molar-refractivity contribution is -0.166. The van der Waals surface area contributed by atoms with E-state index in [4.69, 9.17) is 9.79 Å². The van der Waals surface area contributed by atoms with Crippen LogP contribution in [-0.2, 0) is 18.7 Å². The van der Waals surface area contributed by atoms with Gasteiger partial charge in [0.1, 0.15) is 6.10 Å². The summed E-state index contributed by atoms with van der Waals surface area (Å²) < 4.78 is 15.5. The van der Waals surface area contributed by atoms with Gasteiger partial charge in [-0.3, -0.25) is 14.1 Å². The zero-order chi connectivity index (χ0) is 32.9. The van der Waals surface area contributed by atoms with Gasteiger partial charge in [0, 0.05) is 12.8 Å². The van der Waals surface area contributed by atoms with Crippen LogP contribution in [0.2, 0.25) is 0 Å². The zero-order valence-electron chi connectivity index (χ0n) is 28.5. The number of Topliss-reactive ketones (excluding diaryl/α,β-unsaturated/α-hetero) is 2. The highest BCUT2D eigenvalue weighted by Crippen LogP contribution is 2.36. The number of ketones is 2. The molecule has 0 heterocycles. The molecule has 0 spiro atoms. The molecule has 0 saturated heterocycles. The number of carbonyl (C=O) groups is 2. The summed E-state index contributed by atoms with van der Waals surface area (Å²) in [5.41, 5.74) is -2.72. The lowest BCUT2D eigenvalue weighted by Gasteiger charge is -2.30. The van der Waals surface area contributed by atoms with Gasteiger partial charge < -0.3 is 20.0 Å². The van der Waals surface area contributed by atoms with Gasteiger partial charge in [0.25, 0.3) is 0 Å². The molecule has 262 valence electrons. The summed E-state index contributed by atoms with van der Waals surface area (Å²) >= 11 is 0. The lowest BCUT2D eigenvalue weighted by atomic mass is 9.82. The molecule has 0 aliphatic rings. The molecule has 0 aliphatic carbocycles. The maximum atomic E-state index is 13.0. The third-order valence-corrected chi connectivity index (χ3v) is 9.23. The monoisotopic (exact) mass is 648 g/mol. The number of phosphoric ester groups is 1. The minimum absolute atomic E-state index is 0.0778. The van der Waals surface area contributed by atoms with Crippen LogP contribution in [0.4, 0.5) is 0 Å². The van der Waals surface area contributed by atoms with Crippen LogP contribution >= 0.6 is 7.82 Å². The molecule has 0 aliphatic heterocycles. The maximum Gasteiger partial charge on any atom is 0.469 e. The van der Waals surface area contributed by atoms with E-state index in [-0.39, 0.29) is 12.8 Å². The molecule has 0 amide bonds. The van der Waals surface area contributed by atoms with Crippen LogP contribution in [0.5, 0.6) is 0 Å². The van der Waals surface area contributed by atoms with Gasteiger partial charge in [0.05, 0.1) is 6.61 Å². The van der Waals surface area contributed by atoms with Crippen molar-refractivity contribution in [3.05, 3.63) is 0 Å². The number of rotatable bonds is 34. The third-order valence-electron chi connectivity index (χ3n) is 8.75. The van der Waals surface area contributed by atoms with E-state index >= 15 is 0 Å². The Morgan fingerprint density at radius 1 is 0.545 bits per heavy atom. The summed E-state index contributed by atoms with van der Waals surface area (Å²) in [4.78, 5) is 44.1. The molecule has 0 aromatic carbocycles. The Morgan fingerprint density at radius 2 is 0.795 bits per heavy atom.